The first-order valence-corrected chi connectivity index (χ1v) is 16.5. The summed E-state index contributed by atoms with van der Waals surface area (Å²) in [5.41, 5.74) is 11.4. The first-order chi connectivity index (χ1) is 23.4. The highest BCUT2D eigenvalue weighted by Gasteiger charge is 2.66. The molecule has 2 aromatic carbocycles. The summed E-state index contributed by atoms with van der Waals surface area (Å²) < 4.78 is 62.6. The average Bonchev–Trinajstić information content (AvgIpc) is 3.56. The standard InChI is InChI=1S/C35H45N3O11/c1-21-27(41-17-22-13-9-7-10-14-22)29(42-18-23-15-11-8-12-16-23)25(26(37-38-36)31(39)40-6)32(45-21)43-20-35-30(48-34(4,5)49-35)28-24(19-44-35)46-33(2,3)47-28/h7-16,21,24-30,32H,17-20H2,1-6H3/t21-,24+,25-,26-,27-,28+,29-,30-,32-,35-/m0/s1. The third-order valence-electron chi connectivity index (χ3n) is 9.11. The highest BCUT2D eigenvalue weighted by atomic mass is 16.9. The van der Waals surface area contributed by atoms with E-state index in [-0.39, 0.29) is 32.5 Å². The van der Waals surface area contributed by atoms with Gasteiger partial charge in [-0.1, -0.05) is 65.8 Å². The molecule has 6 rings (SSSR count). The molecular weight excluding hydrogens is 638 g/mol. The summed E-state index contributed by atoms with van der Waals surface area (Å²) in [6, 6.07) is 17.9. The number of azide groups is 1. The van der Waals surface area contributed by atoms with Crippen molar-refractivity contribution in [3.05, 3.63) is 82.2 Å². The van der Waals surface area contributed by atoms with Crippen LogP contribution in [0.1, 0.15) is 45.7 Å². The van der Waals surface area contributed by atoms with Crippen LogP contribution in [0.5, 0.6) is 0 Å². The van der Waals surface area contributed by atoms with Gasteiger partial charge in [-0.15, -0.1) is 0 Å². The molecule has 0 spiro atoms. The Hall–Kier alpha value is -3.14. The molecule has 0 saturated carbocycles. The molecule has 4 aliphatic heterocycles. The molecule has 0 N–H and O–H groups in total. The van der Waals surface area contributed by atoms with Crippen LogP contribution in [0.15, 0.2) is 65.8 Å². The summed E-state index contributed by atoms with van der Waals surface area (Å²) in [5, 5.41) is 3.88. The number of nitrogens with zero attached hydrogens (tertiary/aromatic N) is 3. The topological polar surface area (TPSA) is 158 Å². The summed E-state index contributed by atoms with van der Waals surface area (Å²) in [6.45, 7) is 9.47. The minimum Gasteiger partial charge on any atom is -0.469 e. The van der Waals surface area contributed by atoms with E-state index in [9.17, 15) is 10.3 Å². The minimum absolute atomic E-state index is 0.167. The van der Waals surface area contributed by atoms with Crippen LogP contribution in [0.2, 0.25) is 0 Å². The molecule has 0 aliphatic carbocycles. The SMILES string of the molecule is COC(=O)[C@@H](N=[N+]=[N-])[C@@H]1[C@@H](OC[C@@]23OC[C@H]4OC(C)(C)O[C@H]4[C@@H]2OC(C)(C)O3)O[C@@H](C)[C@H](OCc2ccccc2)[C@H]1OCc1ccccc1. The van der Waals surface area contributed by atoms with Crippen molar-refractivity contribution >= 4 is 5.97 Å². The van der Waals surface area contributed by atoms with Crippen LogP contribution in [0.4, 0.5) is 0 Å². The lowest BCUT2D eigenvalue weighted by Gasteiger charge is -2.48. The van der Waals surface area contributed by atoms with Gasteiger partial charge in [-0.2, -0.15) is 0 Å². The Bertz CT molecular complexity index is 1470. The van der Waals surface area contributed by atoms with Gasteiger partial charge in [-0.3, -0.25) is 4.79 Å². The van der Waals surface area contributed by atoms with Crippen LogP contribution in [-0.4, -0.2) is 92.6 Å². The van der Waals surface area contributed by atoms with Crippen molar-refractivity contribution in [3.63, 3.8) is 0 Å². The van der Waals surface area contributed by atoms with Crippen molar-refractivity contribution in [2.24, 2.45) is 11.0 Å². The van der Waals surface area contributed by atoms with E-state index in [1.807, 2.05) is 81.4 Å². The summed E-state index contributed by atoms with van der Waals surface area (Å²) >= 11 is 0. The van der Waals surface area contributed by atoms with Crippen molar-refractivity contribution in [1.29, 1.82) is 0 Å². The van der Waals surface area contributed by atoms with Crippen LogP contribution < -0.4 is 0 Å². The summed E-state index contributed by atoms with van der Waals surface area (Å²) in [4.78, 5) is 16.3. The first-order valence-electron chi connectivity index (χ1n) is 16.5. The fraction of sp³-hybridized carbons (Fsp3) is 0.629. The van der Waals surface area contributed by atoms with Gasteiger partial charge in [0.25, 0.3) is 0 Å². The van der Waals surface area contributed by atoms with E-state index < -0.39 is 72.1 Å². The van der Waals surface area contributed by atoms with Gasteiger partial charge in [-0.05, 0) is 51.3 Å². The molecular formula is C35H45N3O11. The largest absolute Gasteiger partial charge is 0.469 e. The van der Waals surface area contributed by atoms with E-state index in [4.69, 9.17) is 47.4 Å². The number of fused-ring (bicyclic) bond motifs is 3. The maximum absolute atomic E-state index is 13.3. The number of carbonyl (C=O) groups excluding carboxylic acids is 1. The second-order valence-electron chi connectivity index (χ2n) is 13.6. The maximum Gasteiger partial charge on any atom is 0.315 e. The number of hydrogen-bond acceptors (Lipinski definition) is 12. The van der Waals surface area contributed by atoms with Gasteiger partial charge >= 0.3 is 5.97 Å². The lowest BCUT2D eigenvalue weighted by Crippen LogP contribution is -2.63. The van der Waals surface area contributed by atoms with Crippen LogP contribution in [0, 0.1) is 5.92 Å². The zero-order valence-corrected chi connectivity index (χ0v) is 28.6. The van der Waals surface area contributed by atoms with E-state index >= 15 is 0 Å². The molecule has 2 aromatic rings. The highest BCUT2D eigenvalue weighted by Crippen LogP contribution is 2.48. The molecule has 0 radical (unpaired) electrons. The number of rotatable bonds is 12. The molecule has 266 valence electrons. The molecule has 4 heterocycles. The zero-order chi connectivity index (χ0) is 34.8. The molecule has 14 heteroatoms. The van der Waals surface area contributed by atoms with E-state index in [0.29, 0.717) is 0 Å². The second-order valence-corrected chi connectivity index (χ2v) is 13.6. The fourth-order valence-corrected chi connectivity index (χ4v) is 7.07. The number of esters is 1. The minimum atomic E-state index is -1.41. The maximum atomic E-state index is 13.3. The smallest absolute Gasteiger partial charge is 0.315 e. The Balaban J connectivity index is 1.32. The summed E-state index contributed by atoms with van der Waals surface area (Å²) in [7, 11) is 1.22. The molecule has 10 atom stereocenters. The molecule has 14 nitrogen and oxygen atoms in total. The van der Waals surface area contributed by atoms with E-state index in [2.05, 4.69) is 10.0 Å². The third-order valence-corrected chi connectivity index (χ3v) is 9.11. The number of hydrogen-bond donors (Lipinski definition) is 0. The number of benzene rings is 2. The second kappa shape index (κ2) is 14.6. The molecule has 0 unspecified atom stereocenters. The van der Waals surface area contributed by atoms with Crippen molar-refractivity contribution in [2.45, 2.75) is 114 Å². The Kier molecular flexibility index (Phi) is 10.6. The highest BCUT2D eigenvalue weighted by molar-refractivity contribution is 5.76. The van der Waals surface area contributed by atoms with Crippen molar-refractivity contribution in [3.8, 4) is 0 Å². The normalized spacial score (nSPS) is 35.1. The average molecular weight is 684 g/mol. The lowest BCUT2D eigenvalue weighted by atomic mass is 9.85. The van der Waals surface area contributed by atoms with Crippen molar-refractivity contribution < 1.29 is 52.2 Å². The molecule has 0 aromatic heterocycles. The summed E-state index contributed by atoms with van der Waals surface area (Å²) in [5.74, 6) is -5.10. The van der Waals surface area contributed by atoms with Crippen LogP contribution >= 0.6 is 0 Å². The number of methoxy groups -OCH3 is 1. The predicted octanol–water partition coefficient (Wildman–Crippen LogP) is 4.78. The van der Waals surface area contributed by atoms with Gasteiger partial charge in [-0.25, -0.2) is 0 Å². The lowest BCUT2D eigenvalue weighted by molar-refractivity contribution is -0.343. The van der Waals surface area contributed by atoms with E-state index in [0.717, 1.165) is 11.1 Å². The van der Waals surface area contributed by atoms with Crippen molar-refractivity contribution in [2.75, 3.05) is 20.3 Å². The van der Waals surface area contributed by atoms with Gasteiger partial charge in [0.2, 0.25) is 5.79 Å². The van der Waals surface area contributed by atoms with Gasteiger partial charge in [0.15, 0.2) is 17.9 Å². The van der Waals surface area contributed by atoms with Crippen LogP contribution in [-0.2, 0) is 65.4 Å². The molecule has 0 amide bonds. The van der Waals surface area contributed by atoms with Gasteiger partial charge in [0, 0.05) is 4.91 Å². The number of ether oxygens (including phenoxy) is 10. The Morgan fingerprint density at radius 3 is 2.16 bits per heavy atom. The quantitative estimate of drug-likeness (QED) is 0.131. The van der Waals surface area contributed by atoms with Crippen LogP contribution in [0.25, 0.3) is 10.4 Å². The van der Waals surface area contributed by atoms with Crippen LogP contribution in [0.3, 0.4) is 0 Å². The van der Waals surface area contributed by atoms with Gasteiger partial charge in [0.05, 0.1) is 45.1 Å². The molecule has 4 fully saturated rings. The molecule has 49 heavy (non-hydrogen) atoms. The summed E-state index contributed by atoms with van der Waals surface area (Å²) in [6.07, 6.45) is -4.92. The van der Waals surface area contributed by atoms with Crippen molar-refractivity contribution in [1.82, 2.24) is 0 Å². The van der Waals surface area contributed by atoms with Gasteiger partial charge in [0.1, 0.15) is 37.1 Å². The first kappa shape index (κ1) is 35.7. The Morgan fingerprint density at radius 1 is 0.918 bits per heavy atom. The van der Waals surface area contributed by atoms with E-state index in [1.54, 1.807) is 13.8 Å². The zero-order valence-electron chi connectivity index (χ0n) is 28.6. The predicted molar refractivity (Wildman–Crippen MR) is 171 cm³/mol. The third kappa shape index (κ3) is 7.79. The van der Waals surface area contributed by atoms with E-state index in [1.165, 1.54) is 7.11 Å². The Labute approximate surface area is 285 Å². The molecule has 4 aliphatic rings. The monoisotopic (exact) mass is 683 g/mol. The molecule has 0 bridgehead atoms. The Morgan fingerprint density at radius 2 is 1.55 bits per heavy atom. The number of carbonyl (C=O) groups is 1. The van der Waals surface area contributed by atoms with Gasteiger partial charge < -0.3 is 47.4 Å². The fourth-order valence-electron chi connectivity index (χ4n) is 7.07. The molecule has 4 saturated heterocycles.